The van der Waals surface area contributed by atoms with E-state index < -0.39 is 10.1 Å². The van der Waals surface area contributed by atoms with Gasteiger partial charge in [0, 0.05) is 22.7 Å². The molecular formula is C20H25BrN2O4S. The van der Waals surface area contributed by atoms with Gasteiger partial charge in [-0.3, -0.25) is 0 Å². The van der Waals surface area contributed by atoms with E-state index in [0.717, 1.165) is 22.1 Å². The first-order valence-electron chi connectivity index (χ1n) is 9.08. The SMILES string of the molecule is CCC(C)N(Cc1ccc(OS(=O)(=O)CC)cc1)C(=O)Nc1ccc(Br)cc1. The topological polar surface area (TPSA) is 75.7 Å². The molecule has 0 aliphatic rings. The lowest BCUT2D eigenvalue weighted by molar-refractivity contribution is 0.187. The van der Waals surface area contributed by atoms with Gasteiger partial charge in [0.25, 0.3) is 0 Å². The number of rotatable bonds is 8. The second kappa shape index (κ2) is 9.93. The Morgan fingerprint density at radius 1 is 1.11 bits per heavy atom. The number of halogens is 1. The summed E-state index contributed by atoms with van der Waals surface area (Å²) < 4.78 is 29.0. The fourth-order valence-corrected chi connectivity index (χ4v) is 3.22. The lowest BCUT2D eigenvalue weighted by Crippen LogP contribution is -2.40. The third kappa shape index (κ3) is 6.53. The maximum atomic E-state index is 12.8. The molecule has 0 saturated carbocycles. The third-order valence-corrected chi connectivity index (χ3v) is 6.01. The first kappa shape index (κ1) is 22.2. The number of nitrogens with zero attached hydrogens (tertiary/aromatic N) is 1. The monoisotopic (exact) mass is 468 g/mol. The summed E-state index contributed by atoms with van der Waals surface area (Å²) >= 11 is 3.38. The number of urea groups is 1. The van der Waals surface area contributed by atoms with Crippen molar-refractivity contribution in [1.82, 2.24) is 4.90 Å². The van der Waals surface area contributed by atoms with E-state index in [-0.39, 0.29) is 23.6 Å². The minimum absolute atomic E-state index is 0.0341. The van der Waals surface area contributed by atoms with Crippen molar-refractivity contribution in [3.63, 3.8) is 0 Å². The van der Waals surface area contributed by atoms with Crippen LogP contribution in [0.15, 0.2) is 53.0 Å². The summed E-state index contributed by atoms with van der Waals surface area (Å²) in [7, 11) is -3.55. The van der Waals surface area contributed by atoms with E-state index in [1.807, 2.05) is 38.1 Å². The molecule has 0 bridgehead atoms. The van der Waals surface area contributed by atoms with Crippen LogP contribution in [0.2, 0.25) is 0 Å². The van der Waals surface area contributed by atoms with E-state index in [1.54, 1.807) is 29.2 Å². The van der Waals surface area contributed by atoms with Gasteiger partial charge >= 0.3 is 16.1 Å². The van der Waals surface area contributed by atoms with Crippen molar-refractivity contribution < 1.29 is 17.4 Å². The van der Waals surface area contributed by atoms with Crippen LogP contribution in [-0.4, -0.2) is 31.1 Å². The molecule has 2 rings (SSSR count). The maximum Gasteiger partial charge on any atom is 0.322 e. The summed E-state index contributed by atoms with van der Waals surface area (Å²) in [6.45, 7) is 5.94. The molecule has 0 spiro atoms. The van der Waals surface area contributed by atoms with Gasteiger partial charge in [-0.15, -0.1) is 0 Å². The molecule has 2 aromatic carbocycles. The molecular weight excluding hydrogens is 444 g/mol. The molecule has 152 valence electrons. The molecule has 1 unspecified atom stereocenters. The fraction of sp³-hybridized carbons (Fsp3) is 0.350. The maximum absolute atomic E-state index is 12.8. The third-order valence-electron chi connectivity index (χ3n) is 4.33. The first-order chi connectivity index (χ1) is 13.2. The van der Waals surface area contributed by atoms with Crippen molar-refractivity contribution in [3.05, 3.63) is 58.6 Å². The molecule has 0 aliphatic heterocycles. The molecule has 0 heterocycles. The Kier molecular flexibility index (Phi) is 7.88. The molecule has 2 aromatic rings. The van der Waals surface area contributed by atoms with Gasteiger partial charge in [-0.2, -0.15) is 8.42 Å². The van der Waals surface area contributed by atoms with Gasteiger partial charge in [-0.1, -0.05) is 35.0 Å². The van der Waals surface area contributed by atoms with Crippen LogP contribution >= 0.6 is 15.9 Å². The quantitative estimate of drug-likeness (QED) is 0.552. The Morgan fingerprint density at radius 3 is 2.25 bits per heavy atom. The Balaban J connectivity index is 2.11. The highest BCUT2D eigenvalue weighted by Crippen LogP contribution is 2.19. The fourth-order valence-electron chi connectivity index (χ4n) is 2.43. The molecule has 1 N–H and O–H groups in total. The van der Waals surface area contributed by atoms with Gasteiger partial charge in [0.2, 0.25) is 0 Å². The van der Waals surface area contributed by atoms with Gasteiger partial charge in [0.1, 0.15) is 5.75 Å². The number of hydrogen-bond donors (Lipinski definition) is 1. The van der Waals surface area contributed by atoms with Crippen LogP contribution in [-0.2, 0) is 16.7 Å². The highest BCUT2D eigenvalue weighted by molar-refractivity contribution is 9.10. The Labute approximate surface area is 175 Å². The average Bonchev–Trinajstić information content (AvgIpc) is 2.68. The van der Waals surface area contributed by atoms with Gasteiger partial charge in [0.15, 0.2) is 0 Å². The van der Waals surface area contributed by atoms with Crippen molar-refractivity contribution in [2.45, 2.75) is 39.8 Å². The molecule has 0 aliphatic carbocycles. The smallest absolute Gasteiger partial charge is 0.322 e. The summed E-state index contributed by atoms with van der Waals surface area (Å²) in [5, 5.41) is 2.92. The number of anilines is 1. The molecule has 0 radical (unpaired) electrons. The Bertz CT molecular complexity index is 883. The van der Waals surface area contributed by atoms with Crippen LogP contribution in [0, 0.1) is 0 Å². The second-order valence-corrected chi connectivity index (χ2v) is 9.17. The van der Waals surface area contributed by atoms with Crippen LogP contribution in [0.4, 0.5) is 10.5 Å². The highest BCUT2D eigenvalue weighted by atomic mass is 79.9. The van der Waals surface area contributed by atoms with Crippen molar-refractivity contribution in [2.75, 3.05) is 11.1 Å². The summed E-state index contributed by atoms with van der Waals surface area (Å²) in [5.41, 5.74) is 1.60. The normalized spacial score (nSPS) is 12.3. The van der Waals surface area contributed by atoms with Crippen molar-refractivity contribution in [1.29, 1.82) is 0 Å². The molecule has 28 heavy (non-hydrogen) atoms. The van der Waals surface area contributed by atoms with Crippen molar-refractivity contribution >= 4 is 37.8 Å². The Hall–Kier alpha value is -2.06. The molecule has 1 atom stereocenters. The number of benzene rings is 2. The molecule has 0 saturated heterocycles. The number of nitrogens with one attached hydrogen (secondary N) is 1. The van der Waals surface area contributed by atoms with E-state index in [4.69, 9.17) is 4.18 Å². The molecule has 8 heteroatoms. The van der Waals surface area contributed by atoms with Crippen molar-refractivity contribution in [2.24, 2.45) is 0 Å². The van der Waals surface area contributed by atoms with E-state index in [1.165, 1.54) is 6.92 Å². The summed E-state index contributed by atoms with van der Waals surface area (Å²) in [6.07, 6.45) is 0.809. The van der Waals surface area contributed by atoms with Crippen LogP contribution in [0.25, 0.3) is 0 Å². The molecule has 2 amide bonds. The standard InChI is InChI=1S/C20H25BrN2O4S/c1-4-15(3)23(20(24)22-18-10-8-17(21)9-11-18)14-16-6-12-19(13-7-16)27-28(25,26)5-2/h6-13,15H,4-5,14H2,1-3H3,(H,22,24). The first-order valence-corrected chi connectivity index (χ1v) is 11.5. The van der Waals surface area contributed by atoms with Crippen LogP contribution in [0.3, 0.4) is 0 Å². The molecule has 6 nitrogen and oxygen atoms in total. The summed E-state index contributed by atoms with van der Waals surface area (Å²) in [6, 6.07) is 14.0. The van der Waals surface area contributed by atoms with E-state index in [2.05, 4.69) is 21.2 Å². The minimum atomic E-state index is -3.55. The zero-order valence-corrected chi connectivity index (χ0v) is 18.6. The largest absolute Gasteiger partial charge is 0.382 e. The number of amides is 2. The van der Waals surface area contributed by atoms with E-state index >= 15 is 0 Å². The number of carbonyl (C=O) groups excluding carboxylic acids is 1. The second-order valence-electron chi connectivity index (χ2n) is 6.40. The van der Waals surface area contributed by atoms with Crippen LogP contribution < -0.4 is 9.50 Å². The zero-order valence-electron chi connectivity index (χ0n) is 16.2. The lowest BCUT2D eigenvalue weighted by atomic mass is 10.1. The average molecular weight is 469 g/mol. The van der Waals surface area contributed by atoms with E-state index in [0.29, 0.717) is 6.54 Å². The lowest BCUT2D eigenvalue weighted by Gasteiger charge is -2.29. The van der Waals surface area contributed by atoms with Gasteiger partial charge in [0.05, 0.1) is 5.75 Å². The number of carbonyl (C=O) groups is 1. The highest BCUT2D eigenvalue weighted by Gasteiger charge is 2.19. The molecule has 0 aromatic heterocycles. The predicted octanol–water partition coefficient (Wildman–Crippen LogP) is 5.01. The summed E-state index contributed by atoms with van der Waals surface area (Å²) in [5.74, 6) is 0.173. The molecule has 0 fully saturated rings. The van der Waals surface area contributed by atoms with Crippen molar-refractivity contribution in [3.8, 4) is 5.75 Å². The van der Waals surface area contributed by atoms with Gasteiger partial charge in [-0.05, 0) is 62.2 Å². The van der Waals surface area contributed by atoms with Gasteiger partial charge < -0.3 is 14.4 Å². The minimum Gasteiger partial charge on any atom is -0.382 e. The van der Waals surface area contributed by atoms with Crippen LogP contribution in [0.5, 0.6) is 5.75 Å². The predicted molar refractivity (Wildman–Crippen MR) is 115 cm³/mol. The summed E-state index contributed by atoms with van der Waals surface area (Å²) in [4.78, 5) is 14.5. The number of hydrogen-bond acceptors (Lipinski definition) is 4. The van der Waals surface area contributed by atoms with E-state index in [9.17, 15) is 13.2 Å². The van der Waals surface area contributed by atoms with Gasteiger partial charge in [-0.25, -0.2) is 4.79 Å². The zero-order chi connectivity index (χ0) is 20.7. The van der Waals surface area contributed by atoms with Crippen LogP contribution in [0.1, 0.15) is 32.8 Å². The Morgan fingerprint density at radius 2 is 1.71 bits per heavy atom.